The summed E-state index contributed by atoms with van der Waals surface area (Å²) in [4.78, 5) is 18.4. The molecule has 27 heavy (non-hydrogen) atoms. The minimum absolute atomic E-state index is 0.196. The number of carbonyl (C=O) groups is 1. The van der Waals surface area contributed by atoms with Gasteiger partial charge < -0.3 is 19.3 Å². The Morgan fingerprint density at radius 1 is 1.33 bits per heavy atom. The van der Waals surface area contributed by atoms with Gasteiger partial charge in [0.05, 0.1) is 6.54 Å². The fourth-order valence-corrected chi connectivity index (χ4v) is 2.93. The molecule has 0 saturated heterocycles. The first-order valence-electron chi connectivity index (χ1n) is 8.96. The van der Waals surface area contributed by atoms with Gasteiger partial charge in [-0.25, -0.2) is 9.78 Å². The van der Waals surface area contributed by atoms with E-state index in [2.05, 4.69) is 33.9 Å². The Morgan fingerprint density at radius 3 is 2.85 bits per heavy atom. The van der Waals surface area contributed by atoms with Crippen LogP contribution in [0.1, 0.15) is 42.6 Å². The Kier molecular flexibility index (Phi) is 5.59. The topological polar surface area (TPSA) is 76.2 Å². The van der Waals surface area contributed by atoms with Crippen molar-refractivity contribution in [2.45, 2.75) is 39.8 Å². The summed E-state index contributed by atoms with van der Waals surface area (Å²) in [7, 11) is 1.73. The first-order chi connectivity index (χ1) is 12.9. The molecule has 3 rings (SSSR count). The maximum absolute atomic E-state index is 12.4. The quantitative estimate of drug-likeness (QED) is 0.714. The Hall–Kier alpha value is -3.09. The minimum atomic E-state index is -0.196. The van der Waals surface area contributed by atoms with Gasteiger partial charge in [0, 0.05) is 43.7 Å². The first-order valence-corrected chi connectivity index (χ1v) is 8.96. The third kappa shape index (κ3) is 4.75. The lowest BCUT2D eigenvalue weighted by Crippen LogP contribution is -2.31. The number of rotatable bonds is 6. The number of nitrogens with zero attached hydrogens (tertiary/aromatic N) is 4. The average Bonchev–Trinajstić information content (AvgIpc) is 3.24. The van der Waals surface area contributed by atoms with Gasteiger partial charge in [-0.15, -0.1) is 0 Å². The zero-order chi connectivity index (χ0) is 19.4. The second kappa shape index (κ2) is 8.07. The third-order valence-electron chi connectivity index (χ3n) is 4.22. The van der Waals surface area contributed by atoms with Gasteiger partial charge in [-0.05, 0) is 24.6 Å². The van der Waals surface area contributed by atoms with Crippen LogP contribution in [0.4, 0.5) is 10.5 Å². The van der Waals surface area contributed by atoms with Gasteiger partial charge in [0.15, 0.2) is 0 Å². The van der Waals surface area contributed by atoms with E-state index >= 15 is 0 Å². The molecule has 0 bridgehead atoms. The summed E-state index contributed by atoms with van der Waals surface area (Å²) >= 11 is 0. The molecule has 0 atom stereocenters. The standard InChI is InChI=1S/C20H25N5O2/c1-14(2)19-21-8-9-25(19)12-16-6-5-7-17(11-16)22-20(26)24(4)13-18-10-15(3)27-23-18/h5-11,14H,12-13H2,1-4H3,(H,22,26). The van der Waals surface area contributed by atoms with Crippen LogP contribution < -0.4 is 5.32 Å². The molecule has 7 nitrogen and oxygen atoms in total. The number of hydrogen-bond acceptors (Lipinski definition) is 4. The molecule has 0 radical (unpaired) electrons. The molecule has 3 aromatic rings. The zero-order valence-corrected chi connectivity index (χ0v) is 16.1. The van der Waals surface area contributed by atoms with E-state index in [4.69, 9.17) is 4.52 Å². The molecule has 2 aromatic heterocycles. The lowest BCUT2D eigenvalue weighted by atomic mass is 10.1. The van der Waals surface area contributed by atoms with Crippen molar-refractivity contribution in [1.82, 2.24) is 19.6 Å². The van der Waals surface area contributed by atoms with Crippen LogP contribution in [-0.4, -0.2) is 32.7 Å². The lowest BCUT2D eigenvalue weighted by Gasteiger charge is -2.17. The maximum Gasteiger partial charge on any atom is 0.321 e. The average molecular weight is 367 g/mol. The van der Waals surface area contributed by atoms with Crippen molar-refractivity contribution in [3.05, 3.63) is 65.6 Å². The van der Waals surface area contributed by atoms with Crippen LogP contribution in [0.3, 0.4) is 0 Å². The highest BCUT2D eigenvalue weighted by Crippen LogP contribution is 2.17. The van der Waals surface area contributed by atoms with Crippen LogP contribution in [-0.2, 0) is 13.1 Å². The fourth-order valence-electron chi connectivity index (χ4n) is 2.93. The highest BCUT2D eigenvalue weighted by Gasteiger charge is 2.12. The van der Waals surface area contributed by atoms with Gasteiger partial charge in [-0.2, -0.15) is 0 Å². The first kappa shape index (κ1) is 18.7. The van der Waals surface area contributed by atoms with Crippen molar-refractivity contribution >= 4 is 11.7 Å². The number of urea groups is 1. The second-order valence-electron chi connectivity index (χ2n) is 6.98. The highest BCUT2D eigenvalue weighted by molar-refractivity contribution is 5.89. The number of hydrogen-bond donors (Lipinski definition) is 1. The monoisotopic (exact) mass is 367 g/mol. The molecule has 0 aliphatic rings. The van der Waals surface area contributed by atoms with Crippen LogP contribution in [0.25, 0.3) is 0 Å². The van der Waals surface area contributed by atoms with Crippen LogP contribution in [0.15, 0.2) is 47.2 Å². The van der Waals surface area contributed by atoms with E-state index in [1.54, 1.807) is 11.9 Å². The molecule has 7 heteroatoms. The number of amides is 2. The summed E-state index contributed by atoms with van der Waals surface area (Å²) in [5.74, 6) is 2.13. The Balaban J connectivity index is 1.64. The lowest BCUT2D eigenvalue weighted by molar-refractivity contribution is 0.219. The summed E-state index contributed by atoms with van der Waals surface area (Å²) in [6, 6.07) is 9.47. The van der Waals surface area contributed by atoms with Crippen molar-refractivity contribution in [3.63, 3.8) is 0 Å². The second-order valence-corrected chi connectivity index (χ2v) is 6.98. The van der Waals surface area contributed by atoms with Gasteiger partial charge in [0.25, 0.3) is 0 Å². The van der Waals surface area contributed by atoms with E-state index in [1.807, 2.05) is 49.6 Å². The van der Waals surface area contributed by atoms with E-state index in [-0.39, 0.29) is 6.03 Å². The molecule has 2 amide bonds. The third-order valence-corrected chi connectivity index (χ3v) is 4.22. The predicted molar refractivity (Wildman–Crippen MR) is 104 cm³/mol. The van der Waals surface area contributed by atoms with Gasteiger partial charge in [0.2, 0.25) is 0 Å². The SMILES string of the molecule is Cc1cc(CN(C)C(=O)Nc2cccc(Cn3ccnc3C(C)C)c2)no1. The van der Waals surface area contributed by atoms with E-state index in [0.717, 1.165) is 28.5 Å². The van der Waals surface area contributed by atoms with E-state index in [0.29, 0.717) is 19.0 Å². The van der Waals surface area contributed by atoms with Crippen molar-refractivity contribution < 1.29 is 9.32 Å². The number of anilines is 1. The number of aromatic nitrogens is 3. The Labute approximate surface area is 159 Å². The molecule has 0 aliphatic carbocycles. The Morgan fingerprint density at radius 2 is 2.15 bits per heavy atom. The Bertz CT molecular complexity index is 913. The number of aryl methyl sites for hydroxylation is 1. The van der Waals surface area contributed by atoms with Crippen molar-refractivity contribution in [2.24, 2.45) is 0 Å². The molecule has 2 heterocycles. The number of benzene rings is 1. The van der Waals surface area contributed by atoms with Crippen LogP contribution in [0.5, 0.6) is 0 Å². The van der Waals surface area contributed by atoms with Gasteiger partial charge >= 0.3 is 6.03 Å². The molecule has 0 saturated carbocycles. The molecular formula is C20H25N5O2. The van der Waals surface area contributed by atoms with Crippen LogP contribution in [0.2, 0.25) is 0 Å². The van der Waals surface area contributed by atoms with Gasteiger partial charge in [0.1, 0.15) is 17.3 Å². The highest BCUT2D eigenvalue weighted by atomic mass is 16.5. The van der Waals surface area contributed by atoms with E-state index in [1.165, 1.54) is 0 Å². The van der Waals surface area contributed by atoms with E-state index in [9.17, 15) is 4.79 Å². The van der Waals surface area contributed by atoms with Gasteiger partial charge in [-0.1, -0.05) is 31.1 Å². The van der Waals surface area contributed by atoms with Gasteiger partial charge in [-0.3, -0.25) is 0 Å². The molecule has 0 unspecified atom stereocenters. The number of nitrogens with one attached hydrogen (secondary N) is 1. The summed E-state index contributed by atoms with van der Waals surface area (Å²) in [6.45, 7) is 7.18. The van der Waals surface area contributed by atoms with Crippen molar-refractivity contribution in [3.8, 4) is 0 Å². The molecule has 1 N–H and O–H groups in total. The largest absolute Gasteiger partial charge is 0.361 e. The van der Waals surface area contributed by atoms with E-state index < -0.39 is 0 Å². The molecule has 0 aliphatic heterocycles. The predicted octanol–water partition coefficient (Wildman–Crippen LogP) is 4.02. The normalized spacial score (nSPS) is 11.0. The molecule has 0 fully saturated rings. The molecular weight excluding hydrogens is 342 g/mol. The number of carbonyl (C=O) groups excluding carboxylic acids is 1. The molecule has 142 valence electrons. The fraction of sp³-hybridized carbons (Fsp3) is 0.350. The maximum atomic E-state index is 12.4. The molecule has 0 spiro atoms. The van der Waals surface area contributed by atoms with Crippen molar-refractivity contribution in [2.75, 3.05) is 12.4 Å². The van der Waals surface area contributed by atoms with Crippen molar-refractivity contribution in [1.29, 1.82) is 0 Å². The van der Waals surface area contributed by atoms with Crippen LogP contribution >= 0.6 is 0 Å². The summed E-state index contributed by atoms with van der Waals surface area (Å²) in [5, 5.41) is 6.85. The summed E-state index contributed by atoms with van der Waals surface area (Å²) < 4.78 is 7.17. The zero-order valence-electron chi connectivity index (χ0n) is 16.1. The molecule has 1 aromatic carbocycles. The summed E-state index contributed by atoms with van der Waals surface area (Å²) in [5.41, 5.74) is 2.58. The minimum Gasteiger partial charge on any atom is -0.361 e. The summed E-state index contributed by atoms with van der Waals surface area (Å²) in [6.07, 6.45) is 3.80. The van der Waals surface area contributed by atoms with Crippen LogP contribution in [0, 0.1) is 6.92 Å². The smallest absolute Gasteiger partial charge is 0.321 e. The number of imidazole rings is 1.